The SMILES string of the molecule is Cc1coc2c1C(N)=CC(C)C2. The van der Waals surface area contributed by atoms with Gasteiger partial charge < -0.3 is 10.2 Å². The lowest BCUT2D eigenvalue weighted by Gasteiger charge is -2.14. The Hall–Kier alpha value is -1.18. The molecule has 2 rings (SSSR count). The van der Waals surface area contributed by atoms with Crippen molar-refractivity contribution in [3.8, 4) is 0 Å². The molecule has 1 aliphatic carbocycles. The molecule has 0 saturated carbocycles. The minimum Gasteiger partial charge on any atom is -0.468 e. The van der Waals surface area contributed by atoms with E-state index in [9.17, 15) is 0 Å². The van der Waals surface area contributed by atoms with Gasteiger partial charge in [-0.2, -0.15) is 0 Å². The largest absolute Gasteiger partial charge is 0.468 e. The van der Waals surface area contributed by atoms with Gasteiger partial charge in [0, 0.05) is 17.7 Å². The lowest BCUT2D eigenvalue weighted by molar-refractivity contribution is 0.480. The summed E-state index contributed by atoms with van der Waals surface area (Å²) >= 11 is 0. The summed E-state index contributed by atoms with van der Waals surface area (Å²) < 4.78 is 5.41. The van der Waals surface area contributed by atoms with Crippen LogP contribution >= 0.6 is 0 Å². The topological polar surface area (TPSA) is 39.2 Å². The third kappa shape index (κ3) is 0.951. The third-order valence-corrected chi connectivity index (χ3v) is 2.31. The average Bonchev–Trinajstić information content (AvgIpc) is 2.31. The fourth-order valence-corrected chi connectivity index (χ4v) is 1.78. The zero-order valence-corrected chi connectivity index (χ0v) is 7.42. The fraction of sp³-hybridized carbons (Fsp3) is 0.400. The second kappa shape index (κ2) is 2.41. The number of fused-ring (bicyclic) bond motifs is 1. The summed E-state index contributed by atoms with van der Waals surface area (Å²) in [5.74, 6) is 1.54. The molecular weight excluding hydrogens is 150 g/mol. The molecule has 1 atom stereocenters. The summed E-state index contributed by atoms with van der Waals surface area (Å²) in [6.07, 6.45) is 4.86. The van der Waals surface area contributed by atoms with E-state index >= 15 is 0 Å². The second-order valence-corrected chi connectivity index (χ2v) is 3.52. The zero-order chi connectivity index (χ0) is 8.72. The Kier molecular flexibility index (Phi) is 1.50. The van der Waals surface area contributed by atoms with Crippen LogP contribution in [0, 0.1) is 12.8 Å². The van der Waals surface area contributed by atoms with Gasteiger partial charge in [0.2, 0.25) is 0 Å². The molecule has 0 aliphatic heterocycles. The molecule has 0 radical (unpaired) electrons. The maximum Gasteiger partial charge on any atom is 0.113 e. The van der Waals surface area contributed by atoms with Crippen LogP contribution in [0.3, 0.4) is 0 Å². The second-order valence-electron chi connectivity index (χ2n) is 3.52. The lowest BCUT2D eigenvalue weighted by Crippen LogP contribution is -2.10. The Bertz CT molecular complexity index is 336. The van der Waals surface area contributed by atoms with Crippen molar-refractivity contribution in [3.05, 3.63) is 29.2 Å². The highest BCUT2D eigenvalue weighted by atomic mass is 16.3. The Balaban J connectivity index is 2.55. The van der Waals surface area contributed by atoms with Crippen molar-refractivity contribution in [2.75, 3.05) is 0 Å². The van der Waals surface area contributed by atoms with Crippen LogP contribution in [-0.2, 0) is 6.42 Å². The number of furan rings is 1. The zero-order valence-electron chi connectivity index (χ0n) is 7.42. The van der Waals surface area contributed by atoms with Gasteiger partial charge in [-0.05, 0) is 18.4 Å². The smallest absolute Gasteiger partial charge is 0.113 e. The van der Waals surface area contributed by atoms with E-state index in [2.05, 4.69) is 13.0 Å². The lowest BCUT2D eigenvalue weighted by atomic mass is 9.93. The van der Waals surface area contributed by atoms with Crippen LogP contribution in [0.4, 0.5) is 0 Å². The molecule has 0 spiro atoms. The predicted molar refractivity (Wildman–Crippen MR) is 48.5 cm³/mol. The van der Waals surface area contributed by atoms with Crippen LogP contribution in [0.25, 0.3) is 5.70 Å². The first kappa shape index (κ1) is 7.47. The minimum atomic E-state index is 0.503. The number of hydrogen-bond acceptors (Lipinski definition) is 2. The van der Waals surface area contributed by atoms with Crippen LogP contribution in [0.2, 0.25) is 0 Å². The van der Waals surface area contributed by atoms with Crippen molar-refractivity contribution in [2.24, 2.45) is 11.7 Å². The fourth-order valence-electron chi connectivity index (χ4n) is 1.78. The molecule has 1 heterocycles. The van der Waals surface area contributed by atoms with Crippen molar-refractivity contribution in [3.63, 3.8) is 0 Å². The molecule has 0 saturated heterocycles. The number of allylic oxidation sites excluding steroid dienone is 1. The van der Waals surface area contributed by atoms with Gasteiger partial charge >= 0.3 is 0 Å². The van der Waals surface area contributed by atoms with Crippen molar-refractivity contribution >= 4 is 5.70 Å². The summed E-state index contributed by atoms with van der Waals surface area (Å²) in [4.78, 5) is 0. The molecule has 0 aromatic carbocycles. The van der Waals surface area contributed by atoms with Gasteiger partial charge in [0.15, 0.2) is 0 Å². The van der Waals surface area contributed by atoms with Gasteiger partial charge in [-0.25, -0.2) is 0 Å². The number of aryl methyl sites for hydroxylation is 1. The van der Waals surface area contributed by atoms with E-state index in [0.717, 1.165) is 29.0 Å². The first-order chi connectivity index (χ1) is 5.68. The number of hydrogen-bond donors (Lipinski definition) is 1. The summed E-state index contributed by atoms with van der Waals surface area (Å²) in [6.45, 7) is 4.17. The predicted octanol–water partition coefficient (Wildman–Crippen LogP) is 2.08. The molecule has 1 unspecified atom stereocenters. The Morgan fingerprint density at radius 3 is 3.08 bits per heavy atom. The van der Waals surface area contributed by atoms with Crippen LogP contribution in [0.5, 0.6) is 0 Å². The van der Waals surface area contributed by atoms with Crippen molar-refractivity contribution in [1.29, 1.82) is 0 Å². The van der Waals surface area contributed by atoms with Gasteiger partial charge in [-0.3, -0.25) is 0 Å². The Labute approximate surface area is 72.1 Å². The van der Waals surface area contributed by atoms with Gasteiger partial charge in [0.05, 0.1) is 6.26 Å². The van der Waals surface area contributed by atoms with Crippen molar-refractivity contribution in [2.45, 2.75) is 20.3 Å². The summed E-state index contributed by atoms with van der Waals surface area (Å²) in [7, 11) is 0. The van der Waals surface area contributed by atoms with Gasteiger partial charge in [-0.15, -0.1) is 0 Å². The summed E-state index contributed by atoms with van der Waals surface area (Å²) in [5, 5.41) is 0. The minimum absolute atomic E-state index is 0.503. The number of rotatable bonds is 0. The molecule has 12 heavy (non-hydrogen) atoms. The van der Waals surface area contributed by atoms with Crippen molar-refractivity contribution < 1.29 is 4.42 Å². The maximum absolute atomic E-state index is 5.88. The van der Waals surface area contributed by atoms with Crippen molar-refractivity contribution in [1.82, 2.24) is 0 Å². The van der Waals surface area contributed by atoms with E-state index in [0.29, 0.717) is 5.92 Å². The van der Waals surface area contributed by atoms with Crippen LogP contribution in [-0.4, -0.2) is 0 Å². The van der Waals surface area contributed by atoms with E-state index in [4.69, 9.17) is 10.2 Å². The van der Waals surface area contributed by atoms with E-state index in [-0.39, 0.29) is 0 Å². The molecule has 0 amide bonds. The molecule has 1 aliphatic rings. The van der Waals surface area contributed by atoms with E-state index in [1.165, 1.54) is 0 Å². The molecule has 0 bridgehead atoms. The van der Waals surface area contributed by atoms with E-state index in [1.807, 2.05) is 6.92 Å². The van der Waals surface area contributed by atoms with E-state index in [1.54, 1.807) is 6.26 Å². The molecule has 1 aromatic heterocycles. The van der Waals surface area contributed by atoms with Gasteiger partial charge in [0.25, 0.3) is 0 Å². The average molecular weight is 163 g/mol. The molecule has 2 nitrogen and oxygen atoms in total. The molecule has 64 valence electrons. The monoisotopic (exact) mass is 163 g/mol. The molecule has 2 heteroatoms. The van der Waals surface area contributed by atoms with Crippen LogP contribution < -0.4 is 5.73 Å². The standard InChI is InChI=1S/C10H13NO/c1-6-3-8(11)10-7(2)5-12-9(10)4-6/h3,5-6H,4,11H2,1-2H3. The van der Waals surface area contributed by atoms with Crippen LogP contribution in [0.15, 0.2) is 16.8 Å². The molecule has 0 fully saturated rings. The van der Waals surface area contributed by atoms with Crippen LogP contribution in [0.1, 0.15) is 23.8 Å². The highest BCUT2D eigenvalue weighted by Gasteiger charge is 2.19. The molecule has 1 aromatic rings. The highest BCUT2D eigenvalue weighted by Crippen LogP contribution is 2.29. The quantitative estimate of drug-likeness (QED) is 0.636. The van der Waals surface area contributed by atoms with Gasteiger partial charge in [-0.1, -0.05) is 13.0 Å². The Morgan fingerprint density at radius 2 is 2.33 bits per heavy atom. The summed E-state index contributed by atoms with van der Waals surface area (Å²) in [5.41, 5.74) is 9.02. The van der Waals surface area contributed by atoms with E-state index < -0.39 is 0 Å². The Morgan fingerprint density at radius 1 is 1.58 bits per heavy atom. The number of nitrogens with two attached hydrogens (primary N) is 1. The van der Waals surface area contributed by atoms with Gasteiger partial charge in [0.1, 0.15) is 5.76 Å². The first-order valence-corrected chi connectivity index (χ1v) is 4.23. The third-order valence-electron chi connectivity index (χ3n) is 2.31. The first-order valence-electron chi connectivity index (χ1n) is 4.23. The molecule has 2 N–H and O–H groups in total. The molecular formula is C10H13NO. The normalized spacial score (nSPS) is 21.8. The maximum atomic E-state index is 5.88. The summed E-state index contributed by atoms with van der Waals surface area (Å²) in [6, 6.07) is 0. The highest BCUT2D eigenvalue weighted by molar-refractivity contribution is 5.68.